The third kappa shape index (κ3) is 4.16. The van der Waals surface area contributed by atoms with Gasteiger partial charge in [0.05, 0.1) is 0 Å². The first-order valence-corrected chi connectivity index (χ1v) is 7.46. The van der Waals surface area contributed by atoms with Crippen molar-refractivity contribution in [3.63, 3.8) is 0 Å². The molecule has 0 spiro atoms. The summed E-state index contributed by atoms with van der Waals surface area (Å²) in [6, 6.07) is 20.5. The van der Waals surface area contributed by atoms with Gasteiger partial charge in [-0.1, -0.05) is 86.7 Å². The Morgan fingerprint density at radius 2 is 1.43 bits per heavy atom. The van der Waals surface area contributed by atoms with E-state index < -0.39 is 0 Å². The van der Waals surface area contributed by atoms with E-state index in [9.17, 15) is 4.79 Å². The minimum absolute atomic E-state index is 0.00707. The highest BCUT2D eigenvalue weighted by Gasteiger charge is 2.23. The summed E-state index contributed by atoms with van der Waals surface area (Å²) in [6.45, 7) is 4.21. The van der Waals surface area contributed by atoms with E-state index >= 15 is 0 Å². The lowest BCUT2D eigenvalue weighted by Crippen LogP contribution is -2.18. The van der Waals surface area contributed by atoms with Gasteiger partial charge < -0.3 is 4.79 Å². The van der Waals surface area contributed by atoms with E-state index in [1.54, 1.807) is 0 Å². The van der Waals surface area contributed by atoms with Crippen molar-refractivity contribution in [2.24, 2.45) is 11.8 Å². The SMILES string of the molecule is CC(C)C(C=O)C(/C=C/c1ccccc1)c1ccccc1. The molecule has 0 radical (unpaired) electrons. The lowest BCUT2D eigenvalue weighted by molar-refractivity contribution is -0.112. The molecule has 21 heavy (non-hydrogen) atoms. The highest BCUT2D eigenvalue weighted by atomic mass is 16.1. The highest BCUT2D eigenvalue weighted by molar-refractivity contribution is 5.59. The molecule has 0 aliphatic carbocycles. The van der Waals surface area contributed by atoms with Gasteiger partial charge in [-0.05, 0) is 17.0 Å². The van der Waals surface area contributed by atoms with E-state index in [1.165, 1.54) is 5.56 Å². The van der Waals surface area contributed by atoms with Gasteiger partial charge in [-0.15, -0.1) is 0 Å². The number of carbonyl (C=O) groups excluding carboxylic acids is 1. The fourth-order valence-corrected chi connectivity index (χ4v) is 2.57. The quantitative estimate of drug-likeness (QED) is 0.683. The molecule has 108 valence electrons. The number of benzene rings is 2. The topological polar surface area (TPSA) is 17.1 Å². The fourth-order valence-electron chi connectivity index (χ4n) is 2.57. The second-order valence-electron chi connectivity index (χ2n) is 5.66. The molecule has 2 aromatic rings. The molecule has 0 aromatic heterocycles. The van der Waals surface area contributed by atoms with Gasteiger partial charge in [0.1, 0.15) is 6.29 Å². The molecule has 1 nitrogen and oxygen atoms in total. The van der Waals surface area contributed by atoms with Crippen molar-refractivity contribution >= 4 is 12.4 Å². The van der Waals surface area contributed by atoms with Gasteiger partial charge in [0.2, 0.25) is 0 Å². The average Bonchev–Trinajstić information content (AvgIpc) is 2.53. The van der Waals surface area contributed by atoms with Gasteiger partial charge in [-0.2, -0.15) is 0 Å². The van der Waals surface area contributed by atoms with E-state index in [0.29, 0.717) is 5.92 Å². The van der Waals surface area contributed by atoms with Gasteiger partial charge in [-0.3, -0.25) is 0 Å². The molecular formula is C20H22O. The molecule has 2 aromatic carbocycles. The zero-order chi connectivity index (χ0) is 15.1. The van der Waals surface area contributed by atoms with Crippen LogP contribution in [0.3, 0.4) is 0 Å². The van der Waals surface area contributed by atoms with Crippen LogP contribution in [0.5, 0.6) is 0 Å². The van der Waals surface area contributed by atoms with Gasteiger partial charge in [0.25, 0.3) is 0 Å². The van der Waals surface area contributed by atoms with E-state index in [2.05, 4.69) is 50.3 Å². The van der Waals surface area contributed by atoms with Gasteiger partial charge in [0, 0.05) is 11.8 Å². The molecule has 0 amide bonds. The lowest BCUT2D eigenvalue weighted by atomic mass is 9.80. The largest absolute Gasteiger partial charge is 0.303 e. The third-order valence-corrected chi connectivity index (χ3v) is 3.82. The molecule has 0 bridgehead atoms. The number of aldehydes is 1. The fraction of sp³-hybridized carbons (Fsp3) is 0.250. The molecule has 0 heterocycles. The molecule has 0 saturated heterocycles. The standard InChI is InChI=1S/C20H22O/c1-16(2)20(15-21)19(18-11-7-4-8-12-18)14-13-17-9-5-3-6-10-17/h3-16,19-20H,1-2H3/b14-13+. The summed E-state index contributed by atoms with van der Waals surface area (Å²) in [5.74, 6) is 0.421. The van der Waals surface area contributed by atoms with E-state index in [1.807, 2.05) is 36.4 Å². The Hall–Kier alpha value is -2.15. The molecule has 2 atom stereocenters. The average molecular weight is 278 g/mol. The predicted octanol–water partition coefficient (Wildman–Crippen LogP) is 4.95. The van der Waals surface area contributed by atoms with Gasteiger partial charge in [0.15, 0.2) is 0 Å². The summed E-state index contributed by atoms with van der Waals surface area (Å²) in [4.78, 5) is 11.5. The number of carbonyl (C=O) groups is 1. The molecule has 2 rings (SSSR count). The maximum atomic E-state index is 11.5. The molecule has 2 unspecified atom stereocenters. The van der Waals surface area contributed by atoms with E-state index in [0.717, 1.165) is 11.8 Å². The predicted molar refractivity (Wildman–Crippen MR) is 89.1 cm³/mol. The van der Waals surface area contributed by atoms with Crippen molar-refractivity contribution in [2.45, 2.75) is 19.8 Å². The summed E-state index contributed by atoms with van der Waals surface area (Å²) < 4.78 is 0. The van der Waals surface area contributed by atoms with Gasteiger partial charge >= 0.3 is 0 Å². The first kappa shape index (κ1) is 15.2. The van der Waals surface area contributed by atoms with E-state index in [-0.39, 0.29) is 11.8 Å². The summed E-state index contributed by atoms with van der Waals surface area (Å²) in [5.41, 5.74) is 2.35. The van der Waals surface area contributed by atoms with Crippen LogP contribution in [0.1, 0.15) is 30.9 Å². The Bertz CT molecular complexity index is 569. The van der Waals surface area contributed by atoms with Crippen molar-refractivity contribution in [1.82, 2.24) is 0 Å². The van der Waals surface area contributed by atoms with Gasteiger partial charge in [-0.25, -0.2) is 0 Å². The molecular weight excluding hydrogens is 256 g/mol. The van der Waals surface area contributed by atoms with E-state index in [4.69, 9.17) is 0 Å². The third-order valence-electron chi connectivity index (χ3n) is 3.82. The second-order valence-corrected chi connectivity index (χ2v) is 5.66. The van der Waals surface area contributed by atoms with Crippen LogP contribution < -0.4 is 0 Å². The first-order chi connectivity index (χ1) is 10.2. The summed E-state index contributed by atoms with van der Waals surface area (Å²) in [7, 11) is 0. The molecule has 1 heteroatoms. The van der Waals surface area contributed by atoms with Crippen LogP contribution in [0.15, 0.2) is 66.7 Å². The number of hydrogen-bond acceptors (Lipinski definition) is 1. The van der Waals surface area contributed by atoms with Crippen LogP contribution >= 0.6 is 0 Å². The number of rotatable bonds is 6. The second kappa shape index (κ2) is 7.58. The van der Waals surface area contributed by atoms with Crippen molar-refractivity contribution in [2.75, 3.05) is 0 Å². The number of hydrogen-bond donors (Lipinski definition) is 0. The molecule has 0 aliphatic heterocycles. The monoisotopic (exact) mass is 278 g/mol. The maximum Gasteiger partial charge on any atom is 0.124 e. The van der Waals surface area contributed by atoms with Crippen LogP contribution in [0.25, 0.3) is 6.08 Å². The molecule has 0 saturated carbocycles. The summed E-state index contributed by atoms with van der Waals surface area (Å²) in [6.07, 6.45) is 5.36. The Kier molecular flexibility index (Phi) is 5.51. The van der Waals surface area contributed by atoms with Crippen LogP contribution in [0.4, 0.5) is 0 Å². The molecule has 0 aliphatic rings. The van der Waals surface area contributed by atoms with Crippen LogP contribution in [0.2, 0.25) is 0 Å². The Labute approximate surface area is 127 Å². The summed E-state index contributed by atoms with van der Waals surface area (Å²) in [5, 5.41) is 0. The van der Waals surface area contributed by atoms with Crippen molar-refractivity contribution in [3.05, 3.63) is 77.9 Å². The summed E-state index contributed by atoms with van der Waals surface area (Å²) >= 11 is 0. The Morgan fingerprint density at radius 3 is 1.95 bits per heavy atom. The number of allylic oxidation sites excluding steroid dienone is 1. The van der Waals surface area contributed by atoms with Crippen LogP contribution in [-0.2, 0) is 4.79 Å². The zero-order valence-electron chi connectivity index (χ0n) is 12.6. The first-order valence-electron chi connectivity index (χ1n) is 7.46. The maximum absolute atomic E-state index is 11.5. The Balaban J connectivity index is 2.32. The minimum Gasteiger partial charge on any atom is -0.303 e. The minimum atomic E-state index is -0.00707. The van der Waals surface area contributed by atoms with Crippen molar-refractivity contribution in [3.8, 4) is 0 Å². The van der Waals surface area contributed by atoms with Crippen LogP contribution in [0, 0.1) is 11.8 Å². The normalized spacial score (nSPS) is 14.2. The highest BCUT2D eigenvalue weighted by Crippen LogP contribution is 2.30. The lowest BCUT2D eigenvalue weighted by Gasteiger charge is -2.23. The smallest absolute Gasteiger partial charge is 0.124 e. The van der Waals surface area contributed by atoms with Crippen molar-refractivity contribution in [1.29, 1.82) is 0 Å². The molecule has 0 fully saturated rings. The van der Waals surface area contributed by atoms with Crippen molar-refractivity contribution < 1.29 is 4.79 Å². The molecule has 0 N–H and O–H groups in total. The zero-order valence-corrected chi connectivity index (χ0v) is 12.6. The Morgan fingerprint density at radius 1 is 0.857 bits per heavy atom. The van der Waals surface area contributed by atoms with Crippen LogP contribution in [-0.4, -0.2) is 6.29 Å².